The predicted molar refractivity (Wildman–Crippen MR) is 119 cm³/mol. The van der Waals surface area contributed by atoms with Gasteiger partial charge in [0.25, 0.3) is 0 Å². The summed E-state index contributed by atoms with van der Waals surface area (Å²) in [6, 6.07) is 6.80. The minimum absolute atomic E-state index is 0.0790. The van der Waals surface area contributed by atoms with Crippen molar-refractivity contribution in [2.24, 2.45) is 27.0 Å². The fourth-order valence-corrected chi connectivity index (χ4v) is 4.66. The van der Waals surface area contributed by atoms with Crippen LogP contribution in [0, 0.1) is 22.6 Å². The Hall–Kier alpha value is -2.56. The molecule has 2 atom stereocenters. The van der Waals surface area contributed by atoms with Gasteiger partial charge in [0.2, 0.25) is 5.91 Å². The van der Waals surface area contributed by atoms with Gasteiger partial charge in [0.05, 0.1) is 11.1 Å². The van der Waals surface area contributed by atoms with Crippen LogP contribution in [-0.4, -0.2) is 11.9 Å². The minimum Gasteiger partial charge on any atom is -0.353 e. The molecule has 4 nitrogen and oxygen atoms in total. The van der Waals surface area contributed by atoms with Gasteiger partial charge in [-0.25, -0.2) is 4.39 Å². The molecule has 0 saturated heterocycles. The van der Waals surface area contributed by atoms with Crippen molar-refractivity contribution in [3.05, 3.63) is 66.7 Å². The molecule has 1 aromatic carbocycles. The number of carbonyl (C=O) groups is 1. The van der Waals surface area contributed by atoms with E-state index in [0.29, 0.717) is 17.3 Å². The number of hydrogen-bond acceptors (Lipinski definition) is 3. The Morgan fingerprint density at radius 2 is 1.93 bits per heavy atom. The molecule has 2 fully saturated rings. The zero-order chi connectivity index (χ0) is 21.9. The van der Waals surface area contributed by atoms with Gasteiger partial charge in [0.15, 0.2) is 0 Å². The van der Waals surface area contributed by atoms with E-state index in [1.807, 2.05) is 0 Å². The Kier molecular flexibility index (Phi) is 6.39. The van der Waals surface area contributed by atoms with Crippen LogP contribution in [0.2, 0.25) is 0 Å². The van der Waals surface area contributed by atoms with Crippen LogP contribution in [0.25, 0.3) is 5.70 Å². The maximum Gasteiger partial charge on any atom is 0.226 e. The van der Waals surface area contributed by atoms with Gasteiger partial charge in [-0.3, -0.25) is 4.79 Å². The lowest BCUT2D eigenvalue weighted by molar-refractivity contribution is -0.137. The largest absolute Gasteiger partial charge is 0.353 e. The molecule has 0 heterocycles. The molecule has 160 valence electrons. The van der Waals surface area contributed by atoms with Crippen molar-refractivity contribution in [1.29, 1.82) is 0 Å². The Morgan fingerprint density at radius 3 is 2.53 bits per heavy atom. The van der Waals surface area contributed by atoms with Crippen molar-refractivity contribution in [3.63, 3.8) is 0 Å². The quantitative estimate of drug-likeness (QED) is 0.409. The number of halogens is 1. The second-order valence-electron chi connectivity index (χ2n) is 9.23. The maximum atomic E-state index is 14.4. The van der Waals surface area contributed by atoms with Gasteiger partial charge >= 0.3 is 0 Å². The number of nitrogens with one attached hydrogen (secondary N) is 1. The van der Waals surface area contributed by atoms with Gasteiger partial charge in [-0.2, -0.15) is 10.2 Å². The molecule has 0 spiro atoms. The van der Waals surface area contributed by atoms with Crippen LogP contribution in [0.3, 0.4) is 0 Å². The molecule has 1 aromatic rings. The summed E-state index contributed by atoms with van der Waals surface area (Å²) in [5, 5.41) is 11.2. The first kappa shape index (κ1) is 22.1. The summed E-state index contributed by atoms with van der Waals surface area (Å²) >= 11 is 0. The first-order valence-electron chi connectivity index (χ1n) is 10.7. The summed E-state index contributed by atoms with van der Waals surface area (Å²) in [6.45, 7) is 14.2. The summed E-state index contributed by atoms with van der Waals surface area (Å²) in [4.78, 5) is 13.1. The number of amides is 1. The van der Waals surface area contributed by atoms with Crippen molar-refractivity contribution in [2.75, 3.05) is 0 Å². The van der Waals surface area contributed by atoms with Crippen LogP contribution >= 0.6 is 0 Å². The van der Waals surface area contributed by atoms with E-state index < -0.39 is 5.41 Å². The molecule has 0 aromatic heterocycles. The van der Waals surface area contributed by atoms with E-state index in [0.717, 1.165) is 31.3 Å². The topological polar surface area (TPSA) is 53.8 Å². The van der Waals surface area contributed by atoms with Gasteiger partial charge in [-0.15, -0.1) is 0 Å². The zero-order valence-corrected chi connectivity index (χ0v) is 18.2. The minimum atomic E-state index is -0.481. The Bertz CT molecular complexity index is 897. The van der Waals surface area contributed by atoms with Gasteiger partial charge < -0.3 is 5.32 Å². The molecule has 1 N–H and O–H groups in total. The van der Waals surface area contributed by atoms with Gasteiger partial charge in [0.1, 0.15) is 5.82 Å². The van der Waals surface area contributed by atoms with E-state index in [4.69, 9.17) is 0 Å². The molecule has 3 rings (SSSR count). The van der Waals surface area contributed by atoms with E-state index in [2.05, 4.69) is 49.5 Å². The number of nitrogens with zero attached hydrogens (tertiary/aromatic N) is 2. The number of rotatable bonds is 7. The number of benzene rings is 1. The average Bonchev–Trinajstić information content (AvgIpc) is 2.92. The lowest BCUT2D eigenvalue weighted by Gasteiger charge is -2.42. The smallest absolute Gasteiger partial charge is 0.226 e. The van der Waals surface area contributed by atoms with Crippen molar-refractivity contribution < 1.29 is 9.18 Å². The Balaban J connectivity index is 1.87. The van der Waals surface area contributed by atoms with E-state index >= 15 is 0 Å². The molecular weight excluding hydrogens is 377 g/mol. The molecule has 0 bridgehead atoms. The van der Waals surface area contributed by atoms with Crippen LogP contribution in [0.15, 0.2) is 65.5 Å². The van der Waals surface area contributed by atoms with Crippen LogP contribution in [0.5, 0.6) is 0 Å². The zero-order valence-electron chi connectivity index (χ0n) is 18.2. The molecule has 30 heavy (non-hydrogen) atoms. The van der Waals surface area contributed by atoms with Crippen LogP contribution in [0.4, 0.5) is 4.39 Å². The second-order valence-corrected chi connectivity index (χ2v) is 9.23. The average molecular weight is 410 g/mol. The summed E-state index contributed by atoms with van der Waals surface area (Å²) in [6.07, 6.45) is 8.09. The third kappa shape index (κ3) is 4.03. The molecule has 0 radical (unpaired) electrons. The number of hydrogen-bond donors (Lipinski definition) is 1. The van der Waals surface area contributed by atoms with Gasteiger partial charge in [-0.1, -0.05) is 46.1 Å². The van der Waals surface area contributed by atoms with E-state index in [9.17, 15) is 9.18 Å². The van der Waals surface area contributed by atoms with Crippen molar-refractivity contribution in [1.82, 2.24) is 5.32 Å². The highest BCUT2D eigenvalue weighted by Crippen LogP contribution is 2.58. The van der Waals surface area contributed by atoms with Crippen LogP contribution in [-0.2, 0) is 4.79 Å². The summed E-state index contributed by atoms with van der Waals surface area (Å²) in [7, 11) is 0. The number of allylic oxidation sites excluding steroid dienone is 2. The van der Waals surface area contributed by atoms with Crippen molar-refractivity contribution in [2.45, 2.75) is 58.9 Å². The summed E-state index contributed by atoms with van der Waals surface area (Å²) in [5.74, 6) is -0.151. The molecular formula is C25H32FN3O. The first-order chi connectivity index (χ1) is 14.2. The highest BCUT2D eigenvalue weighted by atomic mass is 19.1. The van der Waals surface area contributed by atoms with Gasteiger partial charge in [0, 0.05) is 17.8 Å². The monoisotopic (exact) mass is 409 g/mol. The second kappa shape index (κ2) is 8.66. The fraction of sp³-hybridized carbons (Fsp3) is 0.480. The molecule has 1 unspecified atom stereocenters. The SMILES string of the molecule is C=C/N=N\C(=C/C(=C)[C@@H]1CCC(C)(C(=O)NC2CCC2)C1(C)C)c1ccccc1F. The number of azo groups is 1. The summed E-state index contributed by atoms with van der Waals surface area (Å²) < 4.78 is 14.4. The van der Waals surface area contributed by atoms with Crippen molar-refractivity contribution >= 4 is 11.6 Å². The third-order valence-electron chi connectivity index (χ3n) is 7.33. The molecule has 2 aliphatic carbocycles. The standard InChI is InChI=1S/C25H32FN3O/c1-6-27-29-22(19-12-7-8-13-21(19)26)16-17(2)20-14-15-25(5,24(20,3)4)23(30)28-18-10-9-11-18/h6-8,12-13,16,18,20H,1-2,9-11,14-15H2,3-5H3,(H,28,30)/b22-16-,29-27-/t20-,25?/m0/s1. The predicted octanol–water partition coefficient (Wildman–Crippen LogP) is 6.43. The van der Waals surface area contributed by atoms with Crippen molar-refractivity contribution in [3.8, 4) is 0 Å². The normalized spacial score (nSPS) is 26.4. The van der Waals surface area contributed by atoms with Gasteiger partial charge in [-0.05, 0) is 67.2 Å². The lowest BCUT2D eigenvalue weighted by atomic mass is 9.63. The number of carbonyl (C=O) groups excluding carboxylic acids is 1. The van der Waals surface area contributed by atoms with E-state index in [1.54, 1.807) is 24.3 Å². The molecule has 2 aliphatic rings. The first-order valence-corrected chi connectivity index (χ1v) is 10.7. The molecule has 2 saturated carbocycles. The van der Waals surface area contributed by atoms with E-state index in [-0.39, 0.29) is 23.1 Å². The highest BCUT2D eigenvalue weighted by Gasteiger charge is 2.56. The fourth-order valence-electron chi connectivity index (χ4n) is 4.66. The Labute approximate surface area is 179 Å². The van der Waals surface area contributed by atoms with Crippen LogP contribution < -0.4 is 5.32 Å². The highest BCUT2D eigenvalue weighted by molar-refractivity contribution is 5.84. The third-order valence-corrected chi connectivity index (χ3v) is 7.33. The molecule has 0 aliphatic heterocycles. The molecule has 5 heteroatoms. The Morgan fingerprint density at radius 1 is 1.23 bits per heavy atom. The molecule has 1 amide bonds. The lowest BCUT2D eigenvalue weighted by Crippen LogP contribution is -2.51. The van der Waals surface area contributed by atoms with Crippen LogP contribution in [0.1, 0.15) is 58.4 Å². The maximum absolute atomic E-state index is 14.4. The van der Waals surface area contributed by atoms with E-state index in [1.165, 1.54) is 18.7 Å². The summed E-state index contributed by atoms with van der Waals surface area (Å²) in [5.41, 5.74) is 0.822.